The first-order chi connectivity index (χ1) is 9.60. The number of hydrogen-bond acceptors (Lipinski definition) is 1. The van der Waals surface area contributed by atoms with Gasteiger partial charge in [0, 0.05) is 30.8 Å². The highest BCUT2D eigenvalue weighted by atomic mass is 79.9. The summed E-state index contributed by atoms with van der Waals surface area (Å²) in [5, 5.41) is 0. The van der Waals surface area contributed by atoms with Crippen molar-refractivity contribution in [2.24, 2.45) is 7.05 Å². The zero-order valence-electron chi connectivity index (χ0n) is 13.0. The van der Waals surface area contributed by atoms with E-state index in [0.717, 1.165) is 36.1 Å². The van der Waals surface area contributed by atoms with Crippen molar-refractivity contribution in [2.45, 2.75) is 52.4 Å². The van der Waals surface area contributed by atoms with Crippen LogP contribution < -0.4 is 0 Å². The molecule has 1 amide bonds. The highest BCUT2D eigenvalue weighted by Gasteiger charge is 2.18. The van der Waals surface area contributed by atoms with E-state index in [1.165, 1.54) is 25.7 Å². The molecule has 4 heteroatoms. The molecule has 0 aliphatic rings. The summed E-state index contributed by atoms with van der Waals surface area (Å²) in [6.45, 7) is 6.13. The Bertz CT molecular complexity index is 405. The van der Waals surface area contributed by atoms with Crippen LogP contribution in [0.4, 0.5) is 0 Å². The van der Waals surface area contributed by atoms with Crippen LogP contribution in [0.3, 0.4) is 0 Å². The van der Waals surface area contributed by atoms with Gasteiger partial charge in [-0.3, -0.25) is 4.79 Å². The van der Waals surface area contributed by atoms with Crippen LogP contribution in [0, 0.1) is 0 Å². The molecule has 0 unspecified atom stereocenters. The van der Waals surface area contributed by atoms with Gasteiger partial charge in [0.05, 0.1) is 0 Å². The van der Waals surface area contributed by atoms with Gasteiger partial charge in [0.25, 0.3) is 5.91 Å². The summed E-state index contributed by atoms with van der Waals surface area (Å²) in [4.78, 5) is 14.7. The molecule has 3 nitrogen and oxygen atoms in total. The molecule has 1 heterocycles. The molecule has 0 aliphatic heterocycles. The molecule has 20 heavy (non-hydrogen) atoms. The number of nitrogens with zero attached hydrogens (tertiary/aromatic N) is 2. The molecule has 1 aromatic heterocycles. The number of rotatable bonds is 9. The Morgan fingerprint density at radius 2 is 1.70 bits per heavy atom. The molecule has 1 rings (SSSR count). The summed E-state index contributed by atoms with van der Waals surface area (Å²) in [6.07, 6.45) is 8.88. The van der Waals surface area contributed by atoms with Crippen LogP contribution in [0.1, 0.15) is 62.9 Å². The van der Waals surface area contributed by atoms with E-state index in [9.17, 15) is 4.79 Å². The van der Waals surface area contributed by atoms with E-state index in [1.54, 1.807) is 0 Å². The van der Waals surface area contributed by atoms with Gasteiger partial charge >= 0.3 is 0 Å². The third kappa shape index (κ3) is 5.31. The van der Waals surface area contributed by atoms with Gasteiger partial charge in [0.2, 0.25) is 0 Å². The summed E-state index contributed by atoms with van der Waals surface area (Å²) in [6, 6.07) is 1.91. The van der Waals surface area contributed by atoms with Crippen molar-refractivity contribution in [3.05, 3.63) is 22.4 Å². The fraction of sp³-hybridized carbons (Fsp3) is 0.688. The normalized spacial score (nSPS) is 10.8. The molecule has 0 aliphatic carbocycles. The number of aromatic nitrogens is 1. The second-order valence-electron chi connectivity index (χ2n) is 5.36. The Kier molecular flexibility index (Phi) is 7.97. The van der Waals surface area contributed by atoms with E-state index in [-0.39, 0.29) is 5.91 Å². The molecule has 0 atom stereocenters. The van der Waals surface area contributed by atoms with Crippen LogP contribution in [0.5, 0.6) is 0 Å². The molecule has 0 radical (unpaired) electrons. The Hall–Kier alpha value is -0.770. The second-order valence-corrected chi connectivity index (χ2v) is 6.28. The number of hydrogen-bond donors (Lipinski definition) is 0. The molecule has 0 saturated heterocycles. The van der Waals surface area contributed by atoms with Crippen molar-refractivity contribution >= 4 is 21.8 Å². The van der Waals surface area contributed by atoms with E-state index >= 15 is 0 Å². The monoisotopic (exact) mass is 342 g/mol. The van der Waals surface area contributed by atoms with E-state index in [1.807, 2.05) is 28.8 Å². The molecule has 0 aromatic carbocycles. The van der Waals surface area contributed by atoms with Crippen LogP contribution >= 0.6 is 15.9 Å². The molecule has 1 aromatic rings. The largest absolute Gasteiger partial charge is 0.345 e. The highest BCUT2D eigenvalue weighted by Crippen LogP contribution is 2.16. The van der Waals surface area contributed by atoms with Crippen molar-refractivity contribution in [3.63, 3.8) is 0 Å². The molecule has 0 saturated carbocycles. The predicted octanol–water partition coefficient (Wildman–Crippen LogP) is 4.61. The third-order valence-electron chi connectivity index (χ3n) is 3.54. The van der Waals surface area contributed by atoms with E-state index in [4.69, 9.17) is 0 Å². The van der Waals surface area contributed by atoms with Gasteiger partial charge in [-0.1, -0.05) is 39.5 Å². The van der Waals surface area contributed by atoms with Crippen molar-refractivity contribution in [2.75, 3.05) is 13.1 Å². The SMILES string of the molecule is CCCCCN(CCCCC)C(=O)c1cc(Br)cn1C. The van der Waals surface area contributed by atoms with Gasteiger partial charge < -0.3 is 9.47 Å². The average molecular weight is 343 g/mol. The summed E-state index contributed by atoms with van der Waals surface area (Å²) < 4.78 is 2.87. The first-order valence-corrected chi connectivity index (χ1v) is 8.50. The average Bonchev–Trinajstić information content (AvgIpc) is 2.75. The number of carbonyl (C=O) groups is 1. The zero-order valence-corrected chi connectivity index (χ0v) is 14.6. The van der Waals surface area contributed by atoms with Crippen molar-refractivity contribution in [1.82, 2.24) is 9.47 Å². The highest BCUT2D eigenvalue weighted by molar-refractivity contribution is 9.10. The summed E-state index contributed by atoms with van der Waals surface area (Å²) in [7, 11) is 1.92. The maximum Gasteiger partial charge on any atom is 0.270 e. The minimum Gasteiger partial charge on any atom is -0.345 e. The van der Waals surface area contributed by atoms with Crippen molar-refractivity contribution in [1.29, 1.82) is 0 Å². The minimum absolute atomic E-state index is 0.158. The number of carbonyl (C=O) groups excluding carboxylic acids is 1. The molecule has 0 bridgehead atoms. The van der Waals surface area contributed by atoms with Crippen LogP contribution in [0.25, 0.3) is 0 Å². The molecule has 0 spiro atoms. The maximum atomic E-state index is 12.7. The lowest BCUT2D eigenvalue weighted by atomic mass is 10.2. The van der Waals surface area contributed by atoms with E-state index in [2.05, 4.69) is 29.8 Å². The zero-order chi connectivity index (χ0) is 15.0. The fourth-order valence-electron chi connectivity index (χ4n) is 2.32. The Morgan fingerprint density at radius 3 is 2.10 bits per heavy atom. The Labute approximate surface area is 131 Å². The van der Waals surface area contributed by atoms with Crippen LogP contribution in [-0.4, -0.2) is 28.5 Å². The molecule has 0 fully saturated rings. The van der Waals surface area contributed by atoms with Crippen LogP contribution in [0.2, 0.25) is 0 Å². The number of amides is 1. The van der Waals surface area contributed by atoms with Gasteiger partial charge in [-0.25, -0.2) is 0 Å². The molecule has 0 N–H and O–H groups in total. The summed E-state index contributed by atoms with van der Waals surface area (Å²) in [5.74, 6) is 0.158. The topological polar surface area (TPSA) is 25.2 Å². The first kappa shape index (κ1) is 17.3. The lowest BCUT2D eigenvalue weighted by molar-refractivity contribution is 0.0740. The predicted molar refractivity (Wildman–Crippen MR) is 88.1 cm³/mol. The summed E-state index contributed by atoms with van der Waals surface area (Å²) >= 11 is 3.44. The van der Waals surface area contributed by atoms with Crippen LogP contribution in [0.15, 0.2) is 16.7 Å². The van der Waals surface area contributed by atoms with Crippen molar-refractivity contribution in [3.8, 4) is 0 Å². The maximum absolute atomic E-state index is 12.7. The van der Waals surface area contributed by atoms with Gasteiger partial charge in [-0.2, -0.15) is 0 Å². The smallest absolute Gasteiger partial charge is 0.270 e. The molecular weight excluding hydrogens is 316 g/mol. The van der Waals surface area contributed by atoms with Gasteiger partial charge in [0.1, 0.15) is 5.69 Å². The quantitative estimate of drug-likeness (QED) is 0.601. The lowest BCUT2D eigenvalue weighted by Gasteiger charge is -2.23. The standard InChI is InChI=1S/C16H27BrN2O/c1-4-6-8-10-19(11-9-7-5-2)16(20)15-12-14(17)13-18(15)3/h12-13H,4-11H2,1-3H3. The second kappa shape index (κ2) is 9.22. The van der Waals surface area contributed by atoms with Crippen LogP contribution in [-0.2, 0) is 7.05 Å². The number of unbranched alkanes of at least 4 members (excludes halogenated alkanes) is 4. The molecule has 114 valence electrons. The van der Waals surface area contributed by atoms with E-state index in [0.29, 0.717) is 0 Å². The Morgan fingerprint density at radius 1 is 1.15 bits per heavy atom. The molecular formula is C16H27BrN2O. The fourth-order valence-corrected chi connectivity index (χ4v) is 2.84. The number of aryl methyl sites for hydroxylation is 1. The van der Waals surface area contributed by atoms with Gasteiger partial charge in [-0.05, 0) is 34.8 Å². The summed E-state index contributed by atoms with van der Waals surface area (Å²) in [5.41, 5.74) is 0.768. The Balaban J connectivity index is 2.69. The van der Waals surface area contributed by atoms with Gasteiger partial charge in [-0.15, -0.1) is 0 Å². The first-order valence-electron chi connectivity index (χ1n) is 7.71. The van der Waals surface area contributed by atoms with E-state index < -0.39 is 0 Å². The third-order valence-corrected chi connectivity index (χ3v) is 3.97. The van der Waals surface area contributed by atoms with Gasteiger partial charge in [0.15, 0.2) is 0 Å². The van der Waals surface area contributed by atoms with Crippen molar-refractivity contribution < 1.29 is 4.79 Å². The lowest BCUT2D eigenvalue weighted by Crippen LogP contribution is -2.34. The minimum atomic E-state index is 0.158. The number of halogens is 1.